The smallest absolute Gasteiger partial charge is 0.312 e. The van der Waals surface area contributed by atoms with E-state index in [0.29, 0.717) is 5.56 Å². The summed E-state index contributed by atoms with van der Waals surface area (Å²) >= 11 is 0. The lowest BCUT2D eigenvalue weighted by Gasteiger charge is -2.13. The largest absolute Gasteiger partial charge is 0.481 e. The fourth-order valence-electron chi connectivity index (χ4n) is 1.40. The van der Waals surface area contributed by atoms with Gasteiger partial charge in [0.15, 0.2) is 11.6 Å². The molecule has 0 amide bonds. The lowest BCUT2D eigenvalue weighted by Crippen LogP contribution is -2.22. The number of hydrogen-bond donors (Lipinski definition) is 2. The first-order valence-corrected chi connectivity index (χ1v) is 4.35. The topological polar surface area (TPSA) is 63.3 Å². The van der Waals surface area contributed by atoms with Crippen LogP contribution < -0.4 is 5.73 Å². The number of halogens is 2. The molecule has 15 heavy (non-hydrogen) atoms. The number of carboxylic acid groups (broad SMARTS) is 1. The van der Waals surface area contributed by atoms with E-state index < -0.39 is 23.5 Å². The summed E-state index contributed by atoms with van der Waals surface area (Å²) in [6.07, 6.45) is 0. The van der Waals surface area contributed by atoms with Crippen LogP contribution in [0.4, 0.5) is 8.78 Å². The van der Waals surface area contributed by atoms with Crippen LogP contribution >= 0.6 is 0 Å². The molecule has 3 N–H and O–H groups in total. The molecule has 0 aliphatic heterocycles. The zero-order valence-electron chi connectivity index (χ0n) is 8.13. The minimum atomic E-state index is -1.15. The average Bonchev–Trinajstić information content (AvgIpc) is 2.14. The van der Waals surface area contributed by atoms with E-state index in [4.69, 9.17) is 10.8 Å². The van der Waals surface area contributed by atoms with Crippen molar-refractivity contribution >= 4 is 5.97 Å². The standard InChI is InChI=1S/C10H11F2NO2/c1-5-2-8(11)9(12)3-6(5)7(4-13)10(14)15/h2-3,7H,4,13H2,1H3,(H,14,15). The van der Waals surface area contributed by atoms with Crippen LogP contribution in [0.1, 0.15) is 17.0 Å². The molecule has 0 radical (unpaired) electrons. The van der Waals surface area contributed by atoms with E-state index in [0.717, 1.165) is 12.1 Å². The van der Waals surface area contributed by atoms with Gasteiger partial charge in [0.2, 0.25) is 0 Å². The van der Waals surface area contributed by atoms with Crippen LogP contribution in [0.25, 0.3) is 0 Å². The molecule has 82 valence electrons. The van der Waals surface area contributed by atoms with Crippen molar-refractivity contribution in [2.45, 2.75) is 12.8 Å². The van der Waals surface area contributed by atoms with Crippen LogP contribution in [-0.2, 0) is 4.79 Å². The third kappa shape index (κ3) is 2.30. The van der Waals surface area contributed by atoms with E-state index >= 15 is 0 Å². The Morgan fingerprint density at radius 2 is 2.00 bits per heavy atom. The molecule has 1 rings (SSSR count). The fraction of sp³-hybridized carbons (Fsp3) is 0.300. The normalized spacial score (nSPS) is 12.5. The summed E-state index contributed by atoms with van der Waals surface area (Å²) in [5.74, 6) is -4.19. The van der Waals surface area contributed by atoms with Gasteiger partial charge in [0.25, 0.3) is 0 Å². The minimum absolute atomic E-state index is 0.152. The minimum Gasteiger partial charge on any atom is -0.481 e. The summed E-state index contributed by atoms with van der Waals surface area (Å²) in [5.41, 5.74) is 5.86. The SMILES string of the molecule is Cc1cc(F)c(F)cc1C(CN)C(=O)O. The Bertz CT molecular complexity index is 393. The summed E-state index contributed by atoms with van der Waals surface area (Å²) in [6, 6.07) is 1.85. The van der Waals surface area contributed by atoms with Gasteiger partial charge in [0, 0.05) is 6.54 Å². The average molecular weight is 215 g/mol. The van der Waals surface area contributed by atoms with Gasteiger partial charge >= 0.3 is 5.97 Å². The number of carboxylic acids is 1. The quantitative estimate of drug-likeness (QED) is 0.801. The number of aliphatic carboxylic acids is 1. The van der Waals surface area contributed by atoms with Crippen molar-refractivity contribution in [1.82, 2.24) is 0 Å². The van der Waals surface area contributed by atoms with Crippen LogP contribution in [0.2, 0.25) is 0 Å². The molecule has 3 nitrogen and oxygen atoms in total. The number of rotatable bonds is 3. The molecular weight excluding hydrogens is 204 g/mol. The molecule has 0 saturated heterocycles. The summed E-state index contributed by atoms with van der Waals surface area (Å²) < 4.78 is 25.7. The van der Waals surface area contributed by atoms with Gasteiger partial charge in [-0.25, -0.2) is 8.78 Å². The van der Waals surface area contributed by atoms with Crippen LogP contribution in [0.5, 0.6) is 0 Å². The Labute approximate surface area is 85.5 Å². The second-order valence-electron chi connectivity index (χ2n) is 3.25. The first-order valence-electron chi connectivity index (χ1n) is 4.35. The van der Waals surface area contributed by atoms with Gasteiger partial charge in [-0.15, -0.1) is 0 Å². The molecule has 1 aromatic carbocycles. The van der Waals surface area contributed by atoms with E-state index in [9.17, 15) is 13.6 Å². The third-order valence-corrected chi connectivity index (χ3v) is 2.22. The highest BCUT2D eigenvalue weighted by atomic mass is 19.2. The van der Waals surface area contributed by atoms with Crippen molar-refractivity contribution in [3.8, 4) is 0 Å². The molecule has 0 aliphatic carbocycles. The van der Waals surface area contributed by atoms with Gasteiger partial charge < -0.3 is 10.8 Å². The van der Waals surface area contributed by atoms with E-state index in [1.54, 1.807) is 0 Å². The predicted octanol–water partition coefficient (Wildman–Crippen LogP) is 1.40. The molecule has 0 aliphatic rings. The molecule has 0 spiro atoms. The third-order valence-electron chi connectivity index (χ3n) is 2.22. The van der Waals surface area contributed by atoms with Crippen LogP contribution in [0, 0.1) is 18.6 Å². The fourth-order valence-corrected chi connectivity index (χ4v) is 1.40. The summed E-state index contributed by atoms with van der Waals surface area (Å²) in [7, 11) is 0. The van der Waals surface area contributed by atoms with Crippen molar-refractivity contribution in [2.24, 2.45) is 5.73 Å². The Morgan fingerprint density at radius 1 is 1.47 bits per heavy atom. The van der Waals surface area contributed by atoms with Crippen LogP contribution in [0.15, 0.2) is 12.1 Å². The second kappa shape index (κ2) is 4.35. The lowest BCUT2D eigenvalue weighted by molar-refractivity contribution is -0.138. The van der Waals surface area contributed by atoms with E-state index in [2.05, 4.69) is 0 Å². The Kier molecular flexibility index (Phi) is 3.36. The maximum atomic E-state index is 12.9. The predicted molar refractivity (Wildman–Crippen MR) is 50.5 cm³/mol. The molecule has 0 heterocycles. The van der Waals surface area contributed by atoms with Crippen LogP contribution in [0.3, 0.4) is 0 Å². The van der Waals surface area contributed by atoms with Gasteiger partial charge in [-0.3, -0.25) is 4.79 Å². The Balaban J connectivity index is 3.24. The molecule has 1 aromatic rings. The maximum Gasteiger partial charge on any atom is 0.312 e. The highest BCUT2D eigenvalue weighted by Crippen LogP contribution is 2.22. The van der Waals surface area contributed by atoms with Gasteiger partial charge in [0.1, 0.15) is 0 Å². The second-order valence-corrected chi connectivity index (χ2v) is 3.25. The molecular formula is C10H11F2NO2. The van der Waals surface area contributed by atoms with Crippen LogP contribution in [-0.4, -0.2) is 17.6 Å². The van der Waals surface area contributed by atoms with Crippen molar-refractivity contribution in [2.75, 3.05) is 6.54 Å². The molecule has 0 fully saturated rings. The van der Waals surface area contributed by atoms with E-state index in [-0.39, 0.29) is 12.1 Å². The zero-order valence-corrected chi connectivity index (χ0v) is 8.13. The zero-order chi connectivity index (χ0) is 11.6. The van der Waals surface area contributed by atoms with Gasteiger partial charge in [0.05, 0.1) is 5.92 Å². The molecule has 0 aromatic heterocycles. The van der Waals surface area contributed by atoms with Gasteiger partial charge in [-0.05, 0) is 30.2 Å². The number of benzene rings is 1. The van der Waals surface area contributed by atoms with Gasteiger partial charge in [-0.2, -0.15) is 0 Å². The van der Waals surface area contributed by atoms with Crippen molar-refractivity contribution in [3.63, 3.8) is 0 Å². The monoisotopic (exact) mass is 215 g/mol. The number of carbonyl (C=O) groups is 1. The molecule has 1 unspecified atom stereocenters. The number of aryl methyl sites for hydroxylation is 1. The lowest BCUT2D eigenvalue weighted by atomic mass is 9.95. The first-order chi connectivity index (χ1) is 6.97. The van der Waals surface area contributed by atoms with Crippen molar-refractivity contribution < 1.29 is 18.7 Å². The number of nitrogens with two attached hydrogens (primary N) is 1. The summed E-state index contributed by atoms with van der Waals surface area (Å²) in [5, 5.41) is 8.82. The highest BCUT2D eigenvalue weighted by molar-refractivity contribution is 5.77. The Hall–Kier alpha value is -1.49. The van der Waals surface area contributed by atoms with Crippen molar-refractivity contribution in [3.05, 3.63) is 34.9 Å². The Morgan fingerprint density at radius 3 is 2.47 bits per heavy atom. The van der Waals surface area contributed by atoms with E-state index in [1.807, 2.05) is 0 Å². The van der Waals surface area contributed by atoms with E-state index in [1.165, 1.54) is 6.92 Å². The molecule has 0 saturated carbocycles. The first kappa shape index (κ1) is 11.6. The maximum absolute atomic E-state index is 12.9. The molecule has 1 atom stereocenters. The summed E-state index contributed by atoms with van der Waals surface area (Å²) in [6.45, 7) is 1.37. The summed E-state index contributed by atoms with van der Waals surface area (Å²) in [4.78, 5) is 10.8. The van der Waals surface area contributed by atoms with Gasteiger partial charge in [-0.1, -0.05) is 0 Å². The van der Waals surface area contributed by atoms with Crippen molar-refractivity contribution in [1.29, 1.82) is 0 Å². The molecule has 5 heteroatoms. The number of hydrogen-bond acceptors (Lipinski definition) is 2. The highest BCUT2D eigenvalue weighted by Gasteiger charge is 2.21. The molecule has 0 bridgehead atoms.